The molecule has 0 saturated heterocycles. The zero-order valence-electron chi connectivity index (χ0n) is 14.0. The van der Waals surface area contributed by atoms with Crippen LogP contribution in [0, 0.1) is 0 Å². The molecule has 130 valence electrons. The number of hydrogen-bond donors (Lipinski definition) is 1. The van der Waals surface area contributed by atoms with Gasteiger partial charge in [-0.1, -0.05) is 6.08 Å². The molecule has 1 aliphatic heterocycles. The molecule has 0 bridgehead atoms. The summed E-state index contributed by atoms with van der Waals surface area (Å²) in [5.41, 5.74) is 2.15. The number of anilines is 1. The van der Waals surface area contributed by atoms with Crippen LogP contribution in [0.3, 0.4) is 0 Å². The number of fused-ring (bicyclic) bond motifs is 1. The third-order valence-corrected chi connectivity index (χ3v) is 4.53. The molecule has 3 heterocycles. The Balaban J connectivity index is 1.53. The molecule has 1 aliphatic rings. The summed E-state index contributed by atoms with van der Waals surface area (Å²) in [7, 11) is 1.65. The van der Waals surface area contributed by atoms with Crippen molar-refractivity contribution >= 4 is 23.8 Å². The molecule has 0 atom stereocenters. The first-order chi connectivity index (χ1) is 12.8. The van der Waals surface area contributed by atoms with Gasteiger partial charge >= 0.3 is 0 Å². The predicted octanol–water partition coefficient (Wildman–Crippen LogP) is 3.18. The van der Waals surface area contributed by atoms with Gasteiger partial charge in [0.25, 0.3) is 0 Å². The standard InChI is InChI=1S/C19H16N4O2S/c1-24-14-5-7-15(8-6-14)26-23-17-12-13(9-11-20-17)19-22-18-16(25-19)4-2-3-10-21-18/h3-12H,2H2,1H3,(H,20,23). The van der Waals surface area contributed by atoms with Crippen LogP contribution in [0.5, 0.6) is 5.75 Å². The molecule has 26 heavy (non-hydrogen) atoms. The second-order valence-electron chi connectivity index (χ2n) is 5.47. The Morgan fingerprint density at radius 1 is 1.19 bits per heavy atom. The van der Waals surface area contributed by atoms with E-state index in [1.807, 2.05) is 48.6 Å². The Morgan fingerprint density at radius 2 is 2.08 bits per heavy atom. The summed E-state index contributed by atoms with van der Waals surface area (Å²) in [6.45, 7) is 0. The van der Waals surface area contributed by atoms with Crippen LogP contribution in [0.25, 0.3) is 17.5 Å². The van der Waals surface area contributed by atoms with Crippen LogP contribution >= 0.6 is 11.9 Å². The number of hydrogen-bond acceptors (Lipinski definition) is 7. The summed E-state index contributed by atoms with van der Waals surface area (Å²) >= 11 is 1.47. The minimum atomic E-state index is 0.533. The highest BCUT2D eigenvalue weighted by Crippen LogP contribution is 2.24. The van der Waals surface area contributed by atoms with Crippen molar-refractivity contribution in [1.82, 2.24) is 9.97 Å². The number of pyridine rings is 1. The van der Waals surface area contributed by atoms with Crippen molar-refractivity contribution in [3.8, 4) is 17.2 Å². The van der Waals surface area contributed by atoms with E-state index in [4.69, 9.17) is 9.15 Å². The third-order valence-electron chi connectivity index (χ3n) is 3.72. The molecular weight excluding hydrogens is 348 g/mol. The molecule has 0 saturated carbocycles. The van der Waals surface area contributed by atoms with Crippen LogP contribution in [0.1, 0.15) is 6.42 Å². The average Bonchev–Trinajstić information content (AvgIpc) is 2.97. The Kier molecular flexibility index (Phi) is 4.70. The number of aromatic nitrogens is 2. The summed E-state index contributed by atoms with van der Waals surface area (Å²) in [4.78, 5) is 14.1. The number of methoxy groups -OCH3 is 1. The van der Waals surface area contributed by atoms with E-state index in [0.29, 0.717) is 16.8 Å². The highest BCUT2D eigenvalue weighted by molar-refractivity contribution is 8.00. The minimum absolute atomic E-state index is 0.533. The molecule has 3 aromatic rings. The monoisotopic (exact) mass is 364 g/mol. The van der Waals surface area contributed by atoms with Crippen molar-refractivity contribution < 1.29 is 9.15 Å². The van der Waals surface area contributed by atoms with Crippen molar-refractivity contribution in [1.29, 1.82) is 0 Å². The zero-order valence-corrected chi connectivity index (χ0v) is 14.9. The van der Waals surface area contributed by atoms with Crippen molar-refractivity contribution in [2.75, 3.05) is 11.8 Å². The molecule has 7 heteroatoms. The lowest BCUT2D eigenvalue weighted by Gasteiger charge is -2.06. The molecule has 0 radical (unpaired) electrons. The average molecular weight is 364 g/mol. The molecule has 1 aromatic carbocycles. The maximum atomic E-state index is 5.84. The van der Waals surface area contributed by atoms with Gasteiger partial charge in [-0.25, -0.2) is 9.98 Å². The molecule has 4 rings (SSSR count). The fraction of sp³-hybridized carbons (Fsp3) is 0.105. The quantitative estimate of drug-likeness (QED) is 0.701. The summed E-state index contributed by atoms with van der Waals surface area (Å²) in [5, 5.41) is 0. The van der Waals surface area contributed by atoms with E-state index in [2.05, 4.69) is 19.7 Å². The molecule has 0 spiro atoms. The molecule has 0 fully saturated rings. The SMILES string of the molecule is COc1ccc(SNc2cc(-c3nc4c(o3)=CCC=CN=4)ccn2)cc1. The highest BCUT2D eigenvalue weighted by Gasteiger charge is 2.08. The van der Waals surface area contributed by atoms with E-state index in [1.165, 1.54) is 11.9 Å². The van der Waals surface area contributed by atoms with Crippen LogP contribution in [0.4, 0.5) is 5.82 Å². The Hall–Kier alpha value is -3.06. The summed E-state index contributed by atoms with van der Waals surface area (Å²) in [6.07, 6.45) is 8.19. The van der Waals surface area contributed by atoms with E-state index in [-0.39, 0.29) is 0 Å². The van der Waals surface area contributed by atoms with E-state index in [0.717, 1.165) is 28.4 Å². The van der Waals surface area contributed by atoms with Gasteiger partial charge in [-0.2, -0.15) is 4.98 Å². The smallest absolute Gasteiger partial charge is 0.229 e. The lowest BCUT2D eigenvalue weighted by molar-refractivity contribution is 0.414. The molecule has 1 N–H and O–H groups in total. The Labute approximate surface area is 154 Å². The van der Waals surface area contributed by atoms with Crippen LogP contribution < -0.4 is 20.4 Å². The number of nitrogens with one attached hydrogen (secondary N) is 1. The minimum Gasteiger partial charge on any atom is -0.497 e. The topological polar surface area (TPSA) is 72.5 Å². The first kappa shape index (κ1) is 16.4. The van der Waals surface area contributed by atoms with Gasteiger partial charge in [0, 0.05) is 22.9 Å². The number of nitrogens with zero attached hydrogens (tertiary/aromatic N) is 3. The van der Waals surface area contributed by atoms with Crippen LogP contribution in [-0.2, 0) is 0 Å². The van der Waals surface area contributed by atoms with E-state index in [9.17, 15) is 0 Å². The molecule has 2 aromatic heterocycles. The summed E-state index contributed by atoms with van der Waals surface area (Å²) < 4.78 is 14.2. The number of allylic oxidation sites excluding steroid dienone is 1. The maximum Gasteiger partial charge on any atom is 0.229 e. The van der Waals surface area contributed by atoms with Crippen LogP contribution in [0.15, 0.2) is 69.2 Å². The number of oxazole rings is 1. The Bertz CT molecular complexity index is 1060. The predicted molar refractivity (Wildman–Crippen MR) is 101 cm³/mol. The second kappa shape index (κ2) is 7.45. The largest absolute Gasteiger partial charge is 0.497 e. The first-order valence-electron chi connectivity index (χ1n) is 8.05. The van der Waals surface area contributed by atoms with Gasteiger partial charge in [0.2, 0.25) is 5.89 Å². The highest BCUT2D eigenvalue weighted by atomic mass is 32.2. The van der Waals surface area contributed by atoms with Gasteiger partial charge in [-0.05, 0) is 60.8 Å². The third kappa shape index (κ3) is 3.62. The molecule has 0 amide bonds. The molecular formula is C19H16N4O2S. The lowest BCUT2D eigenvalue weighted by atomic mass is 10.2. The van der Waals surface area contributed by atoms with Crippen LogP contribution in [0.2, 0.25) is 0 Å². The van der Waals surface area contributed by atoms with Gasteiger partial charge < -0.3 is 13.9 Å². The summed E-state index contributed by atoms with van der Waals surface area (Å²) in [6, 6.07) is 11.6. The number of rotatable bonds is 5. The van der Waals surface area contributed by atoms with Gasteiger partial charge in [0.15, 0.2) is 10.9 Å². The van der Waals surface area contributed by atoms with Gasteiger partial charge in [0.05, 0.1) is 7.11 Å². The van der Waals surface area contributed by atoms with Crippen molar-refractivity contribution in [2.45, 2.75) is 11.3 Å². The molecule has 0 unspecified atom stereocenters. The number of ether oxygens (including phenoxy) is 1. The van der Waals surface area contributed by atoms with E-state index in [1.54, 1.807) is 19.5 Å². The Morgan fingerprint density at radius 3 is 2.92 bits per heavy atom. The number of benzene rings is 1. The molecule has 0 aliphatic carbocycles. The normalized spacial score (nSPS) is 12.5. The van der Waals surface area contributed by atoms with Gasteiger partial charge in [-0.15, -0.1) is 0 Å². The van der Waals surface area contributed by atoms with Gasteiger partial charge in [0.1, 0.15) is 11.6 Å². The van der Waals surface area contributed by atoms with Crippen molar-refractivity contribution in [3.05, 3.63) is 65.8 Å². The zero-order chi connectivity index (χ0) is 17.8. The van der Waals surface area contributed by atoms with E-state index < -0.39 is 0 Å². The fourth-order valence-corrected chi connectivity index (χ4v) is 3.01. The van der Waals surface area contributed by atoms with Gasteiger partial charge in [-0.3, -0.25) is 0 Å². The molecule has 6 nitrogen and oxygen atoms in total. The maximum absolute atomic E-state index is 5.84. The summed E-state index contributed by atoms with van der Waals surface area (Å²) in [5.74, 6) is 2.08. The van der Waals surface area contributed by atoms with Crippen molar-refractivity contribution in [3.63, 3.8) is 0 Å². The fourth-order valence-electron chi connectivity index (χ4n) is 2.41. The van der Waals surface area contributed by atoms with Crippen molar-refractivity contribution in [2.24, 2.45) is 4.99 Å². The second-order valence-corrected chi connectivity index (χ2v) is 6.35. The van der Waals surface area contributed by atoms with E-state index >= 15 is 0 Å². The lowest BCUT2D eigenvalue weighted by Crippen LogP contribution is -2.21. The van der Waals surface area contributed by atoms with Crippen LogP contribution in [-0.4, -0.2) is 17.1 Å². The first-order valence-corrected chi connectivity index (χ1v) is 8.87.